The molecule has 0 bridgehead atoms. The summed E-state index contributed by atoms with van der Waals surface area (Å²) in [7, 11) is 0. The van der Waals surface area contributed by atoms with Gasteiger partial charge in [0.25, 0.3) is 11.6 Å². The summed E-state index contributed by atoms with van der Waals surface area (Å²) in [6, 6.07) is -1.63. The van der Waals surface area contributed by atoms with Crippen LogP contribution in [0.25, 0.3) is 0 Å². The molecule has 0 aromatic carbocycles. The predicted molar refractivity (Wildman–Crippen MR) is 72.6 cm³/mol. The molecule has 25 heavy (non-hydrogen) atoms. The number of amides is 1. The minimum Gasteiger partial charge on any atom is -0.362 e. The van der Waals surface area contributed by atoms with Crippen molar-refractivity contribution in [1.29, 1.82) is 0 Å². The van der Waals surface area contributed by atoms with E-state index in [1.807, 2.05) is 0 Å². The van der Waals surface area contributed by atoms with Gasteiger partial charge in [-0.15, -0.1) is 0 Å². The van der Waals surface area contributed by atoms with Crippen molar-refractivity contribution < 1.29 is 36.2 Å². The Morgan fingerprint density at radius 1 is 1.36 bits per heavy atom. The Bertz CT molecular complexity index is 728. The first-order valence-corrected chi connectivity index (χ1v) is 7.07. The van der Waals surface area contributed by atoms with E-state index in [2.05, 4.69) is 10.2 Å². The molecule has 0 radical (unpaired) electrons. The maximum absolute atomic E-state index is 13.0. The highest BCUT2D eigenvalue weighted by Gasteiger charge is 2.62. The lowest BCUT2D eigenvalue weighted by Crippen LogP contribution is -2.57. The lowest BCUT2D eigenvalue weighted by atomic mass is 10.1. The highest BCUT2D eigenvalue weighted by atomic mass is 35.5. The van der Waals surface area contributed by atoms with E-state index in [0.29, 0.717) is 10.9 Å². The fourth-order valence-electron chi connectivity index (χ4n) is 2.25. The lowest BCUT2D eigenvalue weighted by Gasteiger charge is -2.34. The molecule has 140 valence electrons. The zero-order chi connectivity index (χ0) is 19.4. The van der Waals surface area contributed by atoms with Crippen LogP contribution in [-0.4, -0.2) is 43.9 Å². The van der Waals surface area contributed by atoms with Gasteiger partial charge in [-0.1, -0.05) is 11.6 Å². The molecule has 0 unspecified atom stereocenters. The molecular weight excluding hydrogens is 382 g/mol. The summed E-state index contributed by atoms with van der Waals surface area (Å²) in [4.78, 5) is 12.3. The molecule has 0 aliphatic carbocycles. The monoisotopic (exact) mass is 392 g/mol. The number of aliphatic hydroxyl groups is 1. The van der Waals surface area contributed by atoms with Crippen LogP contribution >= 0.6 is 11.6 Å². The van der Waals surface area contributed by atoms with Gasteiger partial charge >= 0.3 is 12.4 Å². The van der Waals surface area contributed by atoms with Gasteiger partial charge in [-0.2, -0.15) is 41.6 Å². The van der Waals surface area contributed by atoms with E-state index in [1.54, 1.807) is 0 Å². The van der Waals surface area contributed by atoms with E-state index in [-0.39, 0.29) is 10.7 Å². The summed E-state index contributed by atoms with van der Waals surface area (Å²) in [6.07, 6.45) is -10.4. The fourth-order valence-corrected chi connectivity index (χ4v) is 2.48. The first kappa shape index (κ1) is 19.5. The third-order valence-electron chi connectivity index (χ3n) is 3.66. The molecule has 1 N–H and O–H groups in total. The van der Waals surface area contributed by atoms with Crippen molar-refractivity contribution in [3.63, 3.8) is 0 Å². The van der Waals surface area contributed by atoms with Crippen LogP contribution in [0.3, 0.4) is 0 Å². The van der Waals surface area contributed by atoms with Crippen molar-refractivity contribution in [3.8, 4) is 0 Å². The lowest BCUT2D eigenvalue weighted by molar-refractivity contribution is -0.302. The van der Waals surface area contributed by atoms with Gasteiger partial charge < -0.3 is 5.11 Å². The number of halogens is 7. The first-order chi connectivity index (χ1) is 11.2. The molecule has 1 amide bonds. The van der Waals surface area contributed by atoms with E-state index in [4.69, 9.17) is 11.6 Å². The Kier molecular flexibility index (Phi) is 4.58. The Morgan fingerprint density at radius 3 is 2.36 bits per heavy atom. The molecule has 1 aliphatic rings. The van der Waals surface area contributed by atoms with Gasteiger partial charge in [0.1, 0.15) is 6.04 Å². The molecule has 2 atom stereocenters. The topological polar surface area (TPSA) is 70.7 Å². The summed E-state index contributed by atoms with van der Waals surface area (Å²) in [5, 5.41) is 15.1. The molecule has 0 fully saturated rings. The van der Waals surface area contributed by atoms with Crippen LogP contribution in [0.15, 0.2) is 5.10 Å². The summed E-state index contributed by atoms with van der Waals surface area (Å²) in [5.74, 6) is -1.40. The van der Waals surface area contributed by atoms with Crippen LogP contribution in [0.2, 0.25) is 5.02 Å². The minimum atomic E-state index is -5.22. The van der Waals surface area contributed by atoms with Gasteiger partial charge in [0.2, 0.25) is 0 Å². The molecule has 1 aliphatic heterocycles. The average Bonchev–Trinajstić information content (AvgIpc) is 2.99. The van der Waals surface area contributed by atoms with Crippen molar-refractivity contribution in [2.24, 2.45) is 5.10 Å². The summed E-state index contributed by atoms with van der Waals surface area (Å²) in [6.45, 7) is 2.14. The number of carbonyl (C=O) groups excluding carboxylic acids is 1. The van der Waals surface area contributed by atoms with Crippen LogP contribution in [0, 0.1) is 6.92 Å². The van der Waals surface area contributed by atoms with Gasteiger partial charge in [0.15, 0.2) is 5.69 Å². The van der Waals surface area contributed by atoms with Gasteiger partial charge in [-0.05, 0) is 13.8 Å². The SMILES string of the molecule is Cc1c(Cl)c(C(F)(F)F)nn1[C@H](C)C(=O)N1N=CC[C@@]1(O)C(F)(F)F. The Hall–Kier alpha value is -1.82. The van der Waals surface area contributed by atoms with Gasteiger partial charge in [-0.25, -0.2) is 0 Å². The highest BCUT2D eigenvalue weighted by Crippen LogP contribution is 2.40. The molecule has 6 nitrogen and oxygen atoms in total. The van der Waals surface area contributed by atoms with Gasteiger partial charge in [0, 0.05) is 12.6 Å². The number of aromatic nitrogens is 2. The van der Waals surface area contributed by atoms with Crippen molar-refractivity contribution in [1.82, 2.24) is 14.8 Å². The average molecular weight is 393 g/mol. The second-order valence-electron chi connectivity index (χ2n) is 5.33. The predicted octanol–water partition coefficient (Wildman–Crippen LogP) is 2.89. The van der Waals surface area contributed by atoms with Crippen molar-refractivity contribution in [2.75, 3.05) is 0 Å². The quantitative estimate of drug-likeness (QED) is 0.787. The van der Waals surface area contributed by atoms with E-state index >= 15 is 0 Å². The standard InChI is InChI=1S/C12H11ClF6N4O2/c1-5-7(13)8(11(14,15)16)21-22(5)6(2)9(24)23-10(25,3-4-20-23)12(17,18)19/h4,6,25H,3H2,1-2H3/t6-,10-/m1/s1. The molecule has 2 heterocycles. The molecule has 0 spiro atoms. The summed E-state index contributed by atoms with van der Waals surface area (Å²) in [5.41, 5.74) is -5.31. The van der Waals surface area contributed by atoms with Gasteiger partial charge in [-0.3, -0.25) is 9.48 Å². The van der Waals surface area contributed by atoms with E-state index < -0.39 is 47.2 Å². The zero-order valence-corrected chi connectivity index (χ0v) is 13.4. The van der Waals surface area contributed by atoms with Crippen molar-refractivity contribution >= 4 is 23.7 Å². The number of alkyl halides is 6. The summed E-state index contributed by atoms with van der Waals surface area (Å²) >= 11 is 5.55. The number of carbonyl (C=O) groups is 1. The smallest absolute Gasteiger partial charge is 0.362 e. The van der Waals surface area contributed by atoms with E-state index in [0.717, 1.165) is 13.8 Å². The highest BCUT2D eigenvalue weighted by molar-refractivity contribution is 6.32. The van der Waals surface area contributed by atoms with Crippen LogP contribution in [-0.2, 0) is 11.0 Å². The van der Waals surface area contributed by atoms with Gasteiger partial charge in [0.05, 0.1) is 10.7 Å². The third kappa shape index (κ3) is 3.08. The second-order valence-corrected chi connectivity index (χ2v) is 5.71. The molecule has 2 rings (SSSR count). The Balaban J connectivity index is 2.40. The number of hydrazone groups is 1. The number of hydrogen-bond acceptors (Lipinski definition) is 4. The number of hydrogen-bond donors (Lipinski definition) is 1. The molecule has 1 aromatic rings. The van der Waals surface area contributed by atoms with Crippen LogP contribution in [0.4, 0.5) is 26.3 Å². The Labute approximate surface area is 141 Å². The summed E-state index contributed by atoms with van der Waals surface area (Å²) < 4.78 is 78.0. The number of rotatable bonds is 2. The first-order valence-electron chi connectivity index (χ1n) is 6.69. The van der Waals surface area contributed by atoms with Crippen molar-refractivity contribution in [3.05, 3.63) is 16.4 Å². The maximum Gasteiger partial charge on any atom is 0.438 e. The van der Waals surface area contributed by atoms with Crippen molar-refractivity contribution in [2.45, 2.75) is 44.4 Å². The fraction of sp³-hybridized carbons (Fsp3) is 0.583. The number of nitrogens with zero attached hydrogens (tertiary/aromatic N) is 4. The van der Waals surface area contributed by atoms with Crippen LogP contribution < -0.4 is 0 Å². The maximum atomic E-state index is 13.0. The third-order valence-corrected chi connectivity index (χ3v) is 4.11. The molecule has 1 aromatic heterocycles. The minimum absolute atomic E-state index is 0.208. The molecule has 0 saturated heterocycles. The van der Waals surface area contributed by atoms with Crippen LogP contribution in [0.1, 0.15) is 30.8 Å². The zero-order valence-electron chi connectivity index (χ0n) is 12.7. The molecule has 0 saturated carbocycles. The second kappa shape index (κ2) is 5.87. The van der Waals surface area contributed by atoms with E-state index in [9.17, 15) is 36.2 Å². The molecular formula is C12H11ClF6N4O2. The Morgan fingerprint density at radius 2 is 1.92 bits per heavy atom. The normalized spacial score (nSPS) is 22.6. The van der Waals surface area contributed by atoms with Crippen LogP contribution in [0.5, 0.6) is 0 Å². The molecule has 13 heteroatoms. The van der Waals surface area contributed by atoms with E-state index in [1.165, 1.54) is 0 Å². The largest absolute Gasteiger partial charge is 0.438 e.